The maximum absolute atomic E-state index is 2.51. The SMILES string of the molecule is CC.CCN1CCN(c2cccc(C)c2)CC1. The van der Waals surface area contributed by atoms with E-state index in [-0.39, 0.29) is 0 Å². The molecule has 0 radical (unpaired) electrons. The van der Waals surface area contributed by atoms with E-state index in [1.54, 1.807) is 0 Å². The number of hydrogen-bond acceptors (Lipinski definition) is 2. The van der Waals surface area contributed by atoms with Gasteiger partial charge in [0, 0.05) is 31.9 Å². The molecule has 0 aromatic heterocycles. The minimum absolute atomic E-state index is 1.16. The molecule has 0 unspecified atom stereocenters. The highest BCUT2D eigenvalue weighted by molar-refractivity contribution is 5.48. The lowest BCUT2D eigenvalue weighted by molar-refractivity contribution is 0.271. The summed E-state index contributed by atoms with van der Waals surface area (Å²) in [6, 6.07) is 8.80. The first kappa shape index (κ1) is 14.0. The van der Waals surface area contributed by atoms with E-state index in [2.05, 4.69) is 47.9 Å². The van der Waals surface area contributed by atoms with Crippen LogP contribution in [0.2, 0.25) is 0 Å². The van der Waals surface area contributed by atoms with E-state index >= 15 is 0 Å². The predicted octanol–water partition coefficient (Wildman–Crippen LogP) is 3.16. The first-order valence-electron chi connectivity index (χ1n) is 6.83. The molecule has 0 aliphatic carbocycles. The summed E-state index contributed by atoms with van der Waals surface area (Å²) in [7, 11) is 0. The van der Waals surface area contributed by atoms with Crippen LogP contribution in [0.25, 0.3) is 0 Å². The molecule has 1 aliphatic rings. The highest BCUT2D eigenvalue weighted by Gasteiger charge is 2.15. The molecule has 0 bridgehead atoms. The molecule has 1 aromatic rings. The minimum atomic E-state index is 1.16. The summed E-state index contributed by atoms with van der Waals surface area (Å²) in [5.74, 6) is 0. The largest absolute Gasteiger partial charge is 0.369 e. The van der Waals surface area contributed by atoms with Crippen LogP contribution in [-0.2, 0) is 0 Å². The van der Waals surface area contributed by atoms with Gasteiger partial charge in [0.25, 0.3) is 0 Å². The van der Waals surface area contributed by atoms with Gasteiger partial charge in [0.1, 0.15) is 0 Å². The van der Waals surface area contributed by atoms with Crippen LogP contribution in [0.5, 0.6) is 0 Å². The van der Waals surface area contributed by atoms with Crippen molar-refractivity contribution in [3.8, 4) is 0 Å². The molecule has 1 aromatic carbocycles. The second-order valence-corrected chi connectivity index (χ2v) is 4.26. The maximum Gasteiger partial charge on any atom is 0.0369 e. The second kappa shape index (κ2) is 7.33. The van der Waals surface area contributed by atoms with E-state index < -0.39 is 0 Å². The summed E-state index contributed by atoms with van der Waals surface area (Å²) >= 11 is 0. The molecule has 0 N–H and O–H groups in total. The molecule has 2 nitrogen and oxygen atoms in total. The zero-order valence-electron chi connectivity index (χ0n) is 11.7. The Balaban J connectivity index is 0.000000686. The first-order valence-corrected chi connectivity index (χ1v) is 6.83. The van der Waals surface area contributed by atoms with Crippen molar-refractivity contribution >= 4 is 5.69 Å². The Kier molecular flexibility index (Phi) is 6.06. The van der Waals surface area contributed by atoms with Crippen molar-refractivity contribution in [2.24, 2.45) is 0 Å². The molecule has 1 heterocycles. The van der Waals surface area contributed by atoms with Gasteiger partial charge >= 0.3 is 0 Å². The van der Waals surface area contributed by atoms with Gasteiger partial charge < -0.3 is 9.80 Å². The minimum Gasteiger partial charge on any atom is -0.369 e. The highest BCUT2D eigenvalue weighted by atomic mass is 15.3. The Hall–Kier alpha value is -1.02. The molecule has 96 valence electrons. The molecule has 0 saturated carbocycles. The number of rotatable bonds is 2. The number of hydrogen-bond donors (Lipinski definition) is 0. The van der Waals surface area contributed by atoms with E-state index in [1.807, 2.05) is 13.8 Å². The number of aryl methyl sites for hydroxylation is 1. The number of piperazine rings is 1. The van der Waals surface area contributed by atoms with Crippen molar-refractivity contribution in [2.45, 2.75) is 27.7 Å². The topological polar surface area (TPSA) is 6.48 Å². The van der Waals surface area contributed by atoms with E-state index in [4.69, 9.17) is 0 Å². The summed E-state index contributed by atoms with van der Waals surface area (Å²) in [6.07, 6.45) is 0. The summed E-state index contributed by atoms with van der Waals surface area (Å²) < 4.78 is 0. The van der Waals surface area contributed by atoms with Crippen LogP contribution in [0.1, 0.15) is 26.3 Å². The summed E-state index contributed by atoms with van der Waals surface area (Å²) in [5, 5.41) is 0. The van der Waals surface area contributed by atoms with Crippen LogP contribution in [0, 0.1) is 6.92 Å². The molecular weight excluding hydrogens is 208 g/mol. The van der Waals surface area contributed by atoms with Crippen LogP contribution < -0.4 is 4.90 Å². The predicted molar refractivity (Wildman–Crippen MR) is 76.9 cm³/mol. The molecule has 1 fully saturated rings. The van der Waals surface area contributed by atoms with Crippen molar-refractivity contribution in [1.29, 1.82) is 0 Å². The Morgan fingerprint density at radius 1 is 1.06 bits per heavy atom. The highest BCUT2D eigenvalue weighted by Crippen LogP contribution is 2.17. The zero-order valence-corrected chi connectivity index (χ0v) is 11.7. The Bertz CT molecular complexity index is 314. The monoisotopic (exact) mass is 234 g/mol. The Labute approximate surface area is 106 Å². The molecule has 1 saturated heterocycles. The zero-order chi connectivity index (χ0) is 12.7. The van der Waals surface area contributed by atoms with Crippen molar-refractivity contribution < 1.29 is 0 Å². The van der Waals surface area contributed by atoms with Gasteiger partial charge in [0.2, 0.25) is 0 Å². The average Bonchev–Trinajstić information content (AvgIpc) is 2.41. The van der Waals surface area contributed by atoms with Crippen LogP contribution in [0.3, 0.4) is 0 Å². The molecular formula is C15H26N2. The molecule has 0 amide bonds. The summed E-state index contributed by atoms with van der Waals surface area (Å²) in [6.45, 7) is 14.3. The van der Waals surface area contributed by atoms with Crippen LogP contribution >= 0.6 is 0 Å². The lowest BCUT2D eigenvalue weighted by Gasteiger charge is -2.35. The number of likely N-dealkylation sites (N-methyl/N-ethyl adjacent to an activating group) is 1. The lowest BCUT2D eigenvalue weighted by Crippen LogP contribution is -2.46. The molecule has 0 atom stereocenters. The van der Waals surface area contributed by atoms with Gasteiger partial charge in [-0.05, 0) is 31.2 Å². The van der Waals surface area contributed by atoms with Crippen LogP contribution in [0.15, 0.2) is 24.3 Å². The second-order valence-electron chi connectivity index (χ2n) is 4.26. The Morgan fingerprint density at radius 2 is 1.71 bits per heavy atom. The van der Waals surface area contributed by atoms with Crippen molar-refractivity contribution in [3.05, 3.63) is 29.8 Å². The fourth-order valence-electron chi connectivity index (χ4n) is 2.15. The van der Waals surface area contributed by atoms with E-state index in [0.29, 0.717) is 0 Å². The maximum atomic E-state index is 2.51. The number of nitrogens with zero attached hydrogens (tertiary/aromatic N) is 2. The van der Waals surface area contributed by atoms with Crippen molar-refractivity contribution in [2.75, 3.05) is 37.6 Å². The van der Waals surface area contributed by atoms with Crippen molar-refractivity contribution in [1.82, 2.24) is 4.90 Å². The molecule has 0 spiro atoms. The van der Waals surface area contributed by atoms with Crippen LogP contribution in [0.4, 0.5) is 5.69 Å². The van der Waals surface area contributed by atoms with Gasteiger partial charge in [-0.3, -0.25) is 0 Å². The van der Waals surface area contributed by atoms with Gasteiger partial charge in [-0.15, -0.1) is 0 Å². The third-order valence-electron chi connectivity index (χ3n) is 3.19. The van der Waals surface area contributed by atoms with Gasteiger partial charge in [-0.1, -0.05) is 32.9 Å². The molecule has 17 heavy (non-hydrogen) atoms. The van der Waals surface area contributed by atoms with Gasteiger partial charge in [0.05, 0.1) is 0 Å². The average molecular weight is 234 g/mol. The van der Waals surface area contributed by atoms with Crippen LogP contribution in [-0.4, -0.2) is 37.6 Å². The van der Waals surface area contributed by atoms with Crippen molar-refractivity contribution in [3.63, 3.8) is 0 Å². The lowest BCUT2D eigenvalue weighted by atomic mass is 10.2. The fraction of sp³-hybridized carbons (Fsp3) is 0.600. The number of benzene rings is 1. The standard InChI is InChI=1S/C13H20N2.C2H6/c1-3-14-7-9-15(10-8-14)13-6-4-5-12(2)11-13;1-2/h4-6,11H,3,7-10H2,1-2H3;1-2H3. The smallest absolute Gasteiger partial charge is 0.0369 e. The quantitative estimate of drug-likeness (QED) is 0.775. The third kappa shape index (κ3) is 4.04. The third-order valence-corrected chi connectivity index (χ3v) is 3.19. The fourth-order valence-corrected chi connectivity index (χ4v) is 2.15. The van der Waals surface area contributed by atoms with Gasteiger partial charge in [0.15, 0.2) is 0 Å². The van der Waals surface area contributed by atoms with E-state index in [0.717, 1.165) is 13.1 Å². The summed E-state index contributed by atoms with van der Waals surface area (Å²) in [4.78, 5) is 4.99. The van der Waals surface area contributed by atoms with Gasteiger partial charge in [-0.2, -0.15) is 0 Å². The van der Waals surface area contributed by atoms with E-state index in [1.165, 1.54) is 30.9 Å². The first-order chi connectivity index (χ1) is 8.29. The van der Waals surface area contributed by atoms with E-state index in [9.17, 15) is 0 Å². The molecule has 1 aliphatic heterocycles. The molecule has 2 heteroatoms. The van der Waals surface area contributed by atoms with Gasteiger partial charge in [-0.25, -0.2) is 0 Å². The molecule has 2 rings (SSSR count). The summed E-state index contributed by atoms with van der Waals surface area (Å²) in [5.41, 5.74) is 2.73. The number of anilines is 1. The normalized spacial score (nSPS) is 16.4. The Morgan fingerprint density at radius 3 is 2.24 bits per heavy atom.